The van der Waals surface area contributed by atoms with Gasteiger partial charge in [-0.05, 0) is 26.0 Å². The number of hydrogen-bond donors (Lipinski definition) is 0. The normalized spacial score (nSPS) is 12.3. The SMILES string of the molecule is CCn1cc(CN(C)S(=O)(=O)c2cccc3nsnc23)c(C)n1. The predicted octanol–water partition coefficient (Wildman–Crippen LogP) is 2.04. The molecule has 0 spiro atoms. The Morgan fingerprint density at radius 1 is 1.30 bits per heavy atom. The molecule has 0 radical (unpaired) electrons. The lowest BCUT2D eigenvalue weighted by Gasteiger charge is -2.17. The molecule has 0 atom stereocenters. The third-order valence-corrected chi connectivity index (χ3v) is 6.08. The van der Waals surface area contributed by atoms with E-state index in [-0.39, 0.29) is 11.4 Å². The van der Waals surface area contributed by atoms with Gasteiger partial charge in [0, 0.05) is 31.9 Å². The van der Waals surface area contributed by atoms with Gasteiger partial charge in [-0.25, -0.2) is 8.42 Å². The van der Waals surface area contributed by atoms with E-state index in [0.717, 1.165) is 29.5 Å². The Labute approximate surface area is 138 Å². The van der Waals surface area contributed by atoms with Gasteiger partial charge in [-0.15, -0.1) is 0 Å². The molecule has 3 aromatic rings. The zero-order valence-corrected chi connectivity index (χ0v) is 14.7. The molecular weight excluding hydrogens is 334 g/mol. The lowest BCUT2D eigenvalue weighted by Crippen LogP contribution is -2.26. The Balaban J connectivity index is 1.95. The van der Waals surface area contributed by atoms with Gasteiger partial charge in [0.1, 0.15) is 15.9 Å². The van der Waals surface area contributed by atoms with Crippen LogP contribution in [0.1, 0.15) is 18.2 Å². The maximum atomic E-state index is 12.9. The van der Waals surface area contributed by atoms with Crippen molar-refractivity contribution in [3.63, 3.8) is 0 Å². The predicted molar refractivity (Wildman–Crippen MR) is 88.7 cm³/mol. The molecule has 0 aliphatic carbocycles. The maximum absolute atomic E-state index is 12.9. The molecule has 0 amide bonds. The number of aryl methyl sites for hydroxylation is 2. The van der Waals surface area contributed by atoms with Gasteiger partial charge in [0.05, 0.1) is 17.4 Å². The Kier molecular flexibility index (Phi) is 4.17. The van der Waals surface area contributed by atoms with E-state index in [1.807, 2.05) is 20.0 Å². The molecule has 0 N–H and O–H groups in total. The van der Waals surface area contributed by atoms with Gasteiger partial charge in [-0.1, -0.05) is 6.07 Å². The number of aromatic nitrogens is 4. The number of rotatable bonds is 5. The van der Waals surface area contributed by atoms with E-state index in [9.17, 15) is 8.42 Å². The van der Waals surface area contributed by atoms with Crippen molar-refractivity contribution >= 4 is 32.8 Å². The zero-order chi connectivity index (χ0) is 16.6. The Morgan fingerprint density at radius 3 is 2.78 bits per heavy atom. The lowest BCUT2D eigenvalue weighted by molar-refractivity contribution is 0.466. The molecule has 0 unspecified atom stereocenters. The summed E-state index contributed by atoms with van der Waals surface area (Å²) in [6.07, 6.45) is 1.88. The van der Waals surface area contributed by atoms with Crippen molar-refractivity contribution in [2.75, 3.05) is 7.05 Å². The van der Waals surface area contributed by atoms with Gasteiger partial charge in [0.2, 0.25) is 10.0 Å². The maximum Gasteiger partial charge on any atom is 0.245 e. The standard InChI is InChI=1S/C14H17N5O2S2/c1-4-19-9-11(10(2)15-19)8-18(3)23(20,21)13-7-5-6-12-14(13)17-22-16-12/h5-7,9H,4,8H2,1-3H3. The van der Waals surface area contributed by atoms with Gasteiger partial charge >= 0.3 is 0 Å². The summed E-state index contributed by atoms with van der Waals surface area (Å²) in [5.74, 6) is 0. The fourth-order valence-corrected chi connectivity index (χ4v) is 4.26. The van der Waals surface area contributed by atoms with Crippen LogP contribution in [0.15, 0.2) is 29.3 Å². The highest BCUT2D eigenvalue weighted by Gasteiger charge is 2.25. The van der Waals surface area contributed by atoms with Crippen molar-refractivity contribution < 1.29 is 8.42 Å². The first kappa shape index (κ1) is 16.0. The summed E-state index contributed by atoms with van der Waals surface area (Å²) < 4.78 is 37.1. The highest BCUT2D eigenvalue weighted by molar-refractivity contribution is 7.89. The summed E-state index contributed by atoms with van der Waals surface area (Å²) in [5.41, 5.74) is 2.74. The summed E-state index contributed by atoms with van der Waals surface area (Å²) in [6.45, 7) is 4.89. The first-order valence-electron chi connectivity index (χ1n) is 7.14. The Hall–Kier alpha value is -1.84. The molecule has 7 nitrogen and oxygen atoms in total. The monoisotopic (exact) mass is 351 g/mol. The second-order valence-corrected chi connectivity index (χ2v) is 7.79. The average molecular weight is 351 g/mol. The molecule has 1 aromatic carbocycles. The van der Waals surface area contributed by atoms with Gasteiger partial charge in [0.25, 0.3) is 0 Å². The number of nitrogens with zero attached hydrogens (tertiary/aromatic N) is 5. The van der Waals surface area contributed by atoms with E-state index < -0.39 is 10.0 Å². The number of benzene rings is 1. The van der Waals surface area contributed by atoms with E-state index in [0.29, 0.717) is 11.0 Å². The molecule has 0 aliphatic heterocycles. The molecule has 3 rings (SSSR count). The summed E-state index contributed by atoms with van der Waals surface area (Å²) in [5, 5.41) is 4.35. The van der Waals surface area contributed by atoms with Crippen LogP contribution in [0.4, 0.5) is 0 Å². The fraction of sp³-hybridized carbons (Fsp3) is 0.357. The summed E-state index contributed by atoms with van der Waals surface area (Å²) in [6, 6.07) is 5.01. The van der Waals surface area contributed by atoms with Crippen LogP contribution in [-0.2, 0) is 23.1 Å². The van der Waals surface area contributed by atoms with Crippen LogP contribution in [0.2, 0.25) is 0 Å². The largest absolute Gasteiger partial charge is 0.272 e. The van der Waals surface area contributed by atoms with Crippen LogP contribution in [-0.4, -0.2) is 38.3 Å². The summed E-state index contributed by atoms with van der Waals surface area (Å²) in [7, 11) is -2.08. The highest BCUT2D eigenvalue weighted by atomic mass is 32.2. The Bertz CT molecular complexity index is 945. The third kappa shape index (κ3) is 2.87. The molecule has 0 fully saturated rings. The molecule has 0 aliphatic rings. The van der Waals surface area contributed by atoms with Crippen LogP contribution in [0.3, 0.4) is 0 Å². The van der Waals surface area contributed by atoms with Crippen LogP contribution in [0, 0.1) is 6.92 Å². The van der Waals surface area contributed by atoms with Crippen molar-refractivity contribution in [1.82, 2.24) is 22.8 Å². The lowest BCUT2D eigenvalue weighted by atomic mass is 10.3. The molecule has 2 aromatic heterocycles. The first-order valence-corrected chi connectivity index (χ1v) is 9.31. The van der Waals surface area contributed by atoms with Gasteiger partial charge in [-0.2, -0.15) is 18.2 Å². The van der Waals surface area contributed by atoms with E-state index in [2.05, 4.69) is 13.8 Å². The second kappa shape index (κ2) is 5.99. The molecule has 122 valence electrons. The van der Waals surface area contributed by atoms with Gasteiger partial charge in [0.15, 0.2) is 0 Å². The van der Waals surface area contributed by atoms with Crippen molar-refractivity contribution in [2.24, 2.45) is 0 Å². The first-order chi connectivity index (χ1) is 10.9. The quantitative estimate of drug-likeness (QED) is 0.702. The Morgan fingerprint density at radius 2 is 2.09 bits per heavy atom. The number of sulfonamides is 1. The van der Waals surface area contributed by atoms with Crippen LogP contribution in [0.5, 0.6) is 0 Å². The molecular formula is C14H17N5O2S2. The van der Waals surface area contributed by atoms with E-state index in [1.165, 1.54) is 4.31 Å². The molecule has 0 saturated carbocycles. The van der Waals surface area contributed by atoms with Crippen molar-refractivity contribution in [1.29, 1.82) is 0 Å². The van der Waals surface area contributed by atoms with Crippen molar-refractivity contribution in [3.05, 3.63) is 35.7 Å². The van der Waals surface area contributed by atoms with E-state index in [1.54, 1.807) is 29.9 Å². The minimum absolute atomic E-state index is 0.187. The highest BCUT2D eigenvalue weighted by Crippen LogP contribution is 2.25. The zero-order valence-electron chi connectivity index (χ0n) is 13.1. The average Bonchev–Trinajstić information content (AvgIpc) is 3.13. The smallest absolute Gasteiger partial charge is 0.245 e. The molecule has 0 saturated heterocycles. The second-order valence-electron chi connectivity index (χ2n) is 5.24. The number of fused-ring (bicyclic) bond motifs is 1. The minimum atomic E-state index is -3.65. The van der Waals surface area contributed by atoms with E-state index >= 15 is 0 Å². The molecule has 0 bridgehead atoms. The molecule has 2 heterocycles. The van der Waals surface area contributed by atoms with Crippen molar-refractivity contribution in [3.8, 4) is 0 Å². The topological polar surface area (TPSA) is 81.0 Å². The summed E-state index contributed by atoms with van der Waals surface area (Å²) >= 11 is 1.01. The summed E-state index contributed by atoms with van der Waals surface area (Å²) in [4.78, 5) is 0.187. The molecule has 23 heavy (non-hydrogen) atoms. The third-order valence-electron chi connectivity index (χ3n) is 3.70. The van der Waals surface area contributed by atoms with E-state index in [4.69, 9.17) is 0 Å². The molecule has 9 heteroatoms. The minimum Gasteiger partial charge on any atom is -0.272 e. The van der Waals surface area contributed by atoms with Gasteiger partial charge < -0.3 is 0 Å². The van der Waals surface area contributed by atoms with Crippen molar-refractivity contribution in [2.45, 2.75) is 31.8 Å². The van der Waals surface area contributed by atoms with Gasteiger partial charge in [-0.3, -0.25) is 4.68 Å². The van der Waals surface area contributed by atoms with Crippen LogP contribution >= 0.6 is 11.7 Å². The van der Waals surface area contributed by atoms with Crippen LogP contribution < -0.4 is 0 Å². The van der Waals surface area contributed by atoms with Crippen LogP contribution in [0.25, 0.3) is 11.0 Å². The fourth-order valence-electron chi connectivity index (χ4n) is 2.36. The number of hydrogen-bond acceptors (Lipinski definition) is 6.